The standard InChI is InChI=1S/C14H14/c1-4-12-7-5-10(2)13-8-6-11(3)14(13)9-12/h4-9H,1H2,2-3H3. The van der Waals surface area contributed by atoms with E-state index in [4.69, 9.17) is 0 Å². The van der Waals surface area contributed by atoms with E-state index in [0.29, 0.717) is 0 Å². The van der Waals surface area contributed by atoms with Crippen LogP contribution in [0, 0.1) is 13.8 Å². The summed E-state index contributed by atoms with van der Waals surface area (Å²) in [4.78, 5) is 0. The summed E-state index contributed by atoms with van der Waals surface area (Å²) in [5, 5.41) is 0. The summed E-state index contributed by atoms with van der Waals surface area (Å²) < 4.78 is 0. The third-order valence-corrected chi connectivity index (χ3v) is 2.71. The lowest BCUT2D eigenvalue weighted by atomic mass is 10.1. The average Bonchev–Trinajstić information content (AvgIpc) is 2.45. The minimum atomic E-state index is 1.18. The molecule has 70 valence electrons. The van der Waals surface area contributed by atoms with Gasteiger partial charge in [0.1, 0.15) is 0 Å². The van der Waals surface area contributed by atoms with Crippen LogP contribution in [0.2, 0.25) is 0 Å². The molecule has 0 radical (unpaired) electrons. The van der Waals surface area contributed by atoms with Gasteiger partial charge in [-0.2, -0.15) is 0 Å². The van der Waals surface area contributed by atoms with Crippen molar-refractivity contribution in [3.8, 4) is 11.1 Å². The lowest BCUT2D eigenvalue weighted by Gasteiger charge is -1.97. The van der Waals surface area contributed by atoms with Crippen molar-refractivity contribution in [2.45, 2.75) is 13.8 Å². The summed E-state index contributed by atoms with van der Waals surface area (Å²) in [6.07, 6.45) is 1.89. The zero-order valence-corrected chi connectivity index (χ0v) is 8.67. The normalized spacial score (nSPS) is 10.4. The molecule has 0 aliphatic heterocycles. The molecule has 0 saturated heterocycles. The highest BCUT2D eigenvalue weighted by Crippen LogP contribution is 2.30. The van der Waals surface area contributed by atoms with E-state index in [1.807, 2.05) is 6.08 Å². The van der Waals surface area contributed by atoms with Gasteiger partial charge in [0.05, 0.1) is 0 Å². The van der Waals surface area contributed by atoms with Crippen molar-refractivity contribution in [1.29, 1.82) is 0 Å². The van der Waals surface area contributed by atoms with E-state index < -0.39 is 0 Å². The molecule has 0 aromatic rings. The highest BCUT2D eigenvalue weighted by atomic mass is 14.1. The quantitative estimate of drug-likeness (QED) is 0.624. The first-order valence-electron chi connectivity index (χ1n) is 4.85. The summed E-state index contributed by atoms with van der Waals surface area (Å²) in [6.45, 7) is 8.10. The van der Waals surface area contributed by atoms with E-state index in [1.54, 1.807) is 0 Å². The highest BCUT2D eigenvalue weighted by Gasteiger charge is 2.07. The van der Waals surface area contributed by atoms with Crippen LogP contribution in [-0.2, 0) is 0 Å². The maximum Gasteiger partial charge on any atom is -0.0146 e. The van der Waals surface area contributed by atoms with Gasteiger partial charge in [0.2, 0.25) is 0 Å². The molecule has 0 fully saturated rings. The Hall–Kier alpha value is -1.56. The van der Waals surface area contributed by atoms with Gasteiger partial charge in [-0.15, -0.1) is 0 Å². The largest absolute Gasteiger partial charge is 0.0985 e. The number of hydrogen-bond acceptors (Lipinski definition) is 0. The molecular formula is C14H14. The molecule has 0 unspecified atom stereocenters. The van der Waals surface area contributed by atoms with E-state index in [2.05, 4.69) is 50.8 Å². The smallest absolute Gasteiger partial charge is 0.0146 e. The van der Waals surface area contributed by atoms with Gasteiger partial charge < -0.3 is 0 Å². The Labute approximate surface area is 85.2 Å². The molecule has 14 heavy (non-hydrogen) atoms. The van der Waals surface area contributed by atoms with Gasteiger partial charge in [0.15, 0.2) is 0 Å². The topological polar surface area (TPSA) is 0 Å². The third-order valence-electron chi connectivity index (χ3n) is 2.71. The maximum atomic E-state index is 3.81. The summed E-state index contributed by atoms with van der Waals surface area (Å²) in [5.41, 5.74) is 6.51. The van der Waals surface area contributed by atoms with Gasteiger partial charge in [0.25, 0.3) is 0 Å². The number of rotatable bonds is 1. The van der Waals surface area contributed by atoms with Crippen molar-refractivity contribution in [3.63, 3.8) is 0 Å². The van der Waals surface area contributed by atoms with Crippen LogP contribution in [0.3, 0.4) is 0 Å². The van der Waals surface area contributed by atoms with Crippen LogP contribution in [-0.4, -0.2) is 0 Å². The van der Waals surface area contributed by atoms with Gasteiger partial charge in [0, 0.05) is 0 Å². The predicted molar refractivity (Wildman–Crippen MR) is 62.6 cm³/mol. The fourth-order valence-electron chi connectivity index (χ4n) is 1.79. The summed E-state index contributed by atoms with van der Waals surface area (Å²) in [5.74, 6) is 0. The number of hydrogen-bond donors (Lipinski definition) is 0. The lowest BCUT2D eigenvalue weighted by molar-refractivity contribution is 1.50. The molecule has 0 spiro atoms. The molecule has 0 aromatic heterocycles. The first kappa shape index (κ1) is 9.01. The van der Waals surface area contributed by atoms with Crippen molar-refractivity contribution >= 4 is 6.08 Å². The van der Waals surface area contributed by atoms with Crippen molar-refractivity contribution in [2.24, 2.45) is 0 Å². The Balaban J connectivity index is 2.79. The van der Waals surface area contributed by atoms with Crippen LogP contribution in [0.5, 0.6) is 0 Å². The molecule has 2 aliphatic carbocycles. The molecule has 0 amide bonds. The second kappa shape index (κ2) is 3.30. The van der Waals surface area contributed by atoms with E-state index in [1.165, 1.54) is 27.8 Å². The molecule has 0 atom stereocenters. The SMILES string of the molecule is C=Cc1ccc(C)c2ccc(C)c-2c1. The van der Waals surface area contributed by atoms with Crippen molar-refractivity contribution in [3.05, 3.63) is 53.6 Å². The monoisotopic (exact) mass is 182 g/mol. The number of aryl methyl sites for hydroxylation is 2. The highest BCUT2D eigenvalue weighted by molar-refractivity contribution is 5.75. The first-order valence-corrected chi connectivity index (χ1v) is 4.85. The molecule has 0 N–H and O–H groups in total. The van der Waals surface area contributed by atoms with Gasteiger partial charge in [-0.05, 0) is 47.7 Å². The van der Waals surface area contributed by atoms with Gasteiger partial charge in [-0.25, -0.2) is 0 Å². The Morgan fingerprint density at radius 1 is 0.929 bits per heavy atom. The van der Waals surface area contributed by atoms with E-state index >= 15 is 0 Å². The minimum absolute atomic E-state index is 1.18. The maximum absolute atomic E-state index is 3.81. The van der Waals surface area contributed by atoms with Gasteiger partial charge in [-0.3, -0.25) is 0 Å². The molecule has 0 heteroatoms. The zero-order valence-electron chi connectivity index (χ0n) is 8.67. The fraction of sp³-hybridized carbons (Fsp3) is 0.143. The van der Waals surface area contributed by atoms with E-state index in [9.17, 15) is 0 Å². The van der Waals surface area contributed by atoms with Gasteiger partial charge >= 0.3 is 0 Å². The molecule has 0 nitrogen and oxygen atoms in total. The zero-order chi connectivity index (χ0) is 10.1. The van der Waals surface area contributed by atoms with Crippen molar-refractivity contribution in [1.82, 2.24) is 0 Å². The summed E-state index contributed by atoms with van der Waals surface area (Å²) in [7, 11) is 0. The minimum Gasteiger partial charge on any atom is -0.0985 e. The molecule has 0 bridgehead atoms. The Morgan fingerprint density at radius 3 is 2.29 bits per heavy atom. The fourth-order valence-corrected chi connectivity index (χ4v) is 1.79. The second-order valence-electron chi connectivity index (χ2n) is 3.71. The second-order valence-corrected chi connectivity index (χ2v) is 3.71. The van der Waals surface area contributed by atoms with E-state index in [0.717, 1.165) is 0 Å². The van der Waals surface area contributed by atoms with Crippen LogP contribution < -0.4 is 0 Å². The summed E-state index contributed by atoms with van der Waals surface area (Å²) in [6, 6.07) is 10.8. The first-order chi connectivity index (χ1) is 6.72. The predicted octanol–water partition coefficient (Wildman–Crippen LogP) is 4.05. The van der Waals surface area contributed by atoms with Crippen molar-refractivity contribution < 1.29 is 0 Å². The van der Waals surface area contributed by atoms with Crippen LogP contribution in [0.15, 0.2) is 36.9 Å². The Kier molecular flexibility index (Phi) is 2.12. The van der Waals surface area contributed by atoms with Crippen LogP contribution in [0.4, 0.5) is 0 Å². The van der Waals surface area contributed by atoms with E-state index in [-0.39, 0.29) is 0 Å². The molecule has 0 heterocycles. The Bertz CT molecular complexity index is 452. The van der Waals surface area contributed by atoms with Crippen LogP contribution >= 0.6 is 0 Å². The Morgan fingerprint density at radius 2 is 1.57 bits per heavy atom. The van der Waals surface area contributed by atoms with Crippen LogP contribution in [0.1, 0.15) is 16.7 Å². The number of fused-ring (bicyclic) bond motifs is 1. The van der Waals surface area contributed by atoms with Crippen LogP contribution in [0.25, 0.3) is 17.2 Å². The van der Waals surface area contributed by atoms with Crippen molar-refractivity contribution in [2.75, 3.05) is 0 Å². The summed E-state index contributed by atoms with van der Waals surface area (Å²) >= 11 is 0. The molecular weight excluding hydrogens is 168 g/mol. The molecule has 0 saturated carbocycles. The lowest BCUT2D eigenvalue weighted by Crippen LogP contribution is -1.74. The third kappa shape index (κ3) is 1.33. The van der Waals surface area contributed by atoms with Gasteiger partial charge in [-0.1, -0.05) is 36.9 Å². The molecule has 2 rings (SSSR count). The molecule has 2 aliphatic rings. The average molecular weight is 182 g/mol. The molecule has 0 aromatic carbocycles.